The summed E-state index contributed by atoms with van der Waals surface area (Å²) in [4.78, 5) is 38.7. The third-order valence-corrected chi connectivity index (χ3v) is 3.36. The van der Waals surface area contributed by atoms with E-state index in [0.29, 0.717) is 12.2 Å². The maximum absolute atomic E-state index is 12.4. The van der Waals surface area contributed by atoms with Crippen LogP contribution in [-0.2, 0) is 9.59 Å². The lowest BCUT2D eigenvalue weighted by molar-refractivity contribution is -0.131. The first-order valence-electron chi connectivity index (χ1n) is 7.02. The highest BCUT2D eigenvalue weighted by Gasteiger charge is 2.43. The largest absolute Gasteiger partial charge is 0.355 e. The van der Waals surface area contributed by atoms with E-state index in [9.17, 15) is 14.4 Å². The number of rotatable bonds is 5. The van der Waals surface area contributed by atoms with Gasteiger partial charge < -0.3 is 5.32 Å². The summed E-state index contributed by atoms with van der Waals surface area (Å²) in [6.07, 6.45) is 0.806. The van der Waals surface area contributed by atoms with Crippen molar-refractivity contribution in [2.45, 2.75) is 26.3 Å². The second-order valence-electron chi connectivity index (χ2n) is 4.94. The van der Waals surface area contributed by atoms with Crippen molar-refractivity contribution >= 4 is 23.5 Å². The Hall–Kier alpha value is -2.37. The average Bonchev–Trinajstić information content (AvgIpc) is 2.70. The molecule has 6 heteroatoms. The molecule has 0 radical (unpaired) electrons. The van der Waals surface area contributed by atoms with Crippen molar-refractivity contribution in [3.05, 3.63) is 30.3 Å². The van der Waals surface area contributed by atoms with Gasteiger partial charge in [-0.2, -0.15) is 0 Å². The van der Waals surface area contributed by atoms with Crippen LogP contribution in [-0.4, -0.2) is 41.9 Å². The zero-order valence-corrected chi connectivity index (χ0v) is 12.2. The highest BCUT2D eigenvalue weighted by molar-refractivity contribution is 6.15. The predicted molar refractivity (Wildman–Crippen MR) is 78.8 cm³/mol. The highest BCUT2D eigenvalue weighted by atomic mass is 16.2. The minimum atomic E-state index is -0.598. The Bertz CT molecular complexity index is 544. The Kier molecular flexibility index (Phi) is 4.57. The molecule has 0 unspecified atom stereocenters. The lowest BCUT2D eigenvalue weighted by atomic mass is 10.2. The fourth-order valence-electron chi connectivity index (χ4n) is 2.26. The first-order valence-corrected chi connectivity index (χ1v) is 7.02. The number of nitrogens with one attached hydrogen (secondary N) is 1. The molecule has 21 heavy (non-hydrogen) atoms. The summed E-state index contributed by atoms with van der Waals surface area (Å²) >= 11 is 0. The van der Waals surface area contributed by atoms with Gasteiger partial charge in [-0.05, 0) is 25.5 Å². The normalized spacial score (nSPS) is 18.3. The fraction of sp³-hybridized carbons (Fsp3) is 0.400. The van der Waals surface area contributed by atoms with Crippen molar-refractivity contribution in [2.24, 2.45) is 0 Å². The molecule has 0 aromatic heterocycles. The fourth-order valence-corrected chi connectivity index (χ4v) is 2.26. The second-order valence-corrected chi connectivity index (χ2v) is 4.94. The van der Waals surface area contributed by atoms with Gasteiger partial charge in [-0.15, -0.1) is 0 Å². The molecule has 1 heterocycles. The summed E-state index contributed by atoms with van der Waals surface area (Å²) in [6, 6.07) is 7.92. The van der Waals surface area contributed by atoms with Crippen LogP contribution >= 0.6 is 0 Å². The third kappa shape index (κ3) is 3.04. The monoisotopic (exact) mass is 289 g/mol. The number of hydrogen-bond acceptors (Lipinski definition) is 3. The predicted octanol–water partition coefficient (Wildman–Crippen LogP) is 1.37. The lowest BCUT2D eigenvalue weighted by Gasteiger charge is -2.19. The standard InChI is InChI=1S/C15H19N3O3/c1-3-9-16-13(19)10-17-14(20)11(2)18(15(17)21)12-7-5-4-6-8-12/h4-8,11H,3,9-10H2,1-2H3,(H,16,19)/t11-/m0/s1. The molecular formula is C15H19N3O3. The molecular weight excluding hydrogens is 270 g/mol. The maximum atomic E-state index is 12.4. The van der Waals surface area contributed by atoms with Crippen LogP contribution in [0.1, 0.15) is 20.3 Å². The number of hydrogen-bond donors (Lipinski definition) is 1. The number of anilines is 1. The molecule has 6 nitrogen and oxygen atoms in total. The van der Waals surface area contributed by atoms with Gasteiger partial charge in [0.15, 0.2) is 0 Å². The first kappa shape index (κ1) is 15.0. The lowest BCUT2D eigenvalue weighted by Crippen LogP contribution is -2.41. The summed E-state index contributed by atoms with van der Waals surface area (Å²) in [7, 11) is 0. The molecule has 0 spiro atoms. The van der Waals surface area contributed by atoms with E-state index in [1.54, 1.807) is 31.2 Å². The summed E-state index contributed by atoms with van der Waals surface area (Å²) in [5.74, 6) is -0.670. The topological polar surface area (TPSA) is 69.7 Å². The molecule has 0 bridgehead atoms. The van der Waals surface area contributed by atoms with Gasteiger partial charge in [-0.3, -0.25) is 19.4 Å². The van der Waals surface area contributed by atoms with Crippen LogP contribution in [0.4, 0.5) is 10.5 Å². The summed E-state index contributed by atoms with van der Waals surface area (Å²) < 4.78 is 0. The van der Waals surface area contributed by atoms with Crippen molar-refractivity contribution in [3.8, 4) is 0 Å². The quantitative estimate of drug-likeness (QED) is 0.832. The maximum Gasteiger partial charge on any atom is 0.332 e. The Morgan fingerprint density at radius 3 is 2.52 bits per heavy atom. The van der Waals surface area contributed by atoms with Crippen molar-refractivity contribution in [3.63, 3.8) is 0 Å². The molecule has 1 aromatic carbocycles. The van der Waals surface area contributed by atoms with Crippen LogP contribution in [0.2, 0.25) is 0 Å². The van der Waals surface area contributed by atoms with E-state index in [1.807, 2.05) is 13.0 Å². The summed E-state index contributed by atoms with van der Waals surface area (Å²) in [5, 5.41) is 2.67. The van der Waals surface area contributed by atoms with Gasteiger partial charge >= 0.3 is 6.03 Å². The molecule has 0 aliphatic carbocycles. The number of carbonyl (C=O) groups excluding carboxylic acids is 3. The Morgan fingerprint density at radius 2 is 1.90 bits per heavy atom. The number of imide groups is 1. The van der Waals surface area contributed by atoms with Gasteiger partial charge in [0.25, 0.3) is 5.91 Å². The van der Waals surface area contributed by atoms with Gasteiger partial charge in [0.2, 0.25) is 5.91 Å². The van der Waals surface area contributed by atoms with Crippen molar-refractivity contribution in [1.82, 2.24) is 10.2 Å². The van der Waals surface area contributed by atoms with Crippen LogP contribution in [0, 0.1) is 0 Å². The van der Waals surface area contributed by atoms with E-state index in [2.05, 4.69) is 5.32 Å². The molecule has 0 saturated carbocycles. The van der Waals surface area contributed by atoms with Crippen LogP contribution in [0.5, 0.6) is 0 Å². The van der Waals surface area contributed by atoms with Crippen LogP contribution in [0.15, 0.2) is 30.3 Å². The van der Waals surface area contributed by atoms with Gasteiger partial charge in [0, 0.05) is 12.2 Å². The first-order chi connectivity index (χ1) is 10.1. The number of nitrogens with zero attached hydrogens (tertiary/aromatic N) is 2. The second kappa shape index (κ2) is 6.39. The third-order valence-electron chi connectivity index (χ3n) is 3.36. The van der Waals surface area contributed by atoms with E-state index >= 15 is 0 Å². The number of carbonyl (C=O) groups is 3. The van der Waals surface area contributed by atoms with E-state index in [1.165, 1.54) is 4.90 Å². The molecule has 1 saturated heterocycles. The minimum absolute atomic E-state index is 0.231. The number of amides is 4. The zero-order valence-electron chi connectivity index (χ0n) is 12.2. The van der Waals surface area contributed by atoms with Crippen molar-refractivity contribution in [2.75, 3.05) is 18.0 Å². The molecule has 1 aliphatic rings. The van der Waals surface area contributed by atoms with E-state index in [4.69, 9.17) is 0 Å². The van der Waals surface area contributed by atoms with Gasteiger partial charge in [-0.25, -0.2) is 4.79 Å². The number of benzene rings is 1. The van der Waals surface area contributed by atoms with Crippen molar-refractivity contribution in [1.29, 1.82) is 0 Å². The van der Waals surface area contributed by atoms with Crippen molar-refractivity contribution < 1.29 is 14.4 Å². The smallest absolute Gasteiger partial charge is 0.332 e. The molecule has 1 aliphatic heterocycles. The van der Waals surface area contributed by atoms with E-state index < -0.39 is 12.1 Å². The van der Waals surface area contributed by atoms with Gasteiger partial charge in [-0.1, -0.05) is 25.1 Å². The number of urea groups is 1. The van der Waals surface area contributed by atoms with Crippen LogP contribution in [0.3, 0.4) is 0 Å². The molecule has 1 fully saturated rings. The zero-order chi connectivity index (χ0) is 15.4. The van der Waals surface area contributed by atoms with Gasteiger partial charge in [0.05, 0.1) is 0 Å². The molecule has 4 amide bonds. The minimum Gasteiger partial charge on any atom is -0.355 e. The summed E-state index contributed by atoms with van der Waals surface area (Å²) in [6.45, 7) is 3.90. The molecule has 112 valence electrons. The Morgan fingerprint density at radius 1 is 1.24 bits per heavy atom. The number of para-hydroxylation sites is 1. The van der Waals surface area contributed by atoms with Crippen LogP contribution in [0.25, 0.3) is 0 Å². The van der Waals surface area contributed by atoms with E-state index in [-0.39, 0.29) is 18.4 Å². The SMILES string of the molecule is CCCNC(=O)CN1C(=O)[C@H](C)N(c2ccccc2)C1=O. The Balaban J connectivity index is 2.13. The molecule has 1 atom stereocenters. The molecule has 2 rings (SSSR count). The summed E-state index contributed by atoms with van der Waals surface area (Å²) in [5.41, 5.74) is 0.653. The Labute approximate surface area is 123 Å². The molecule has 1 aromatic rings. The molecule has 1 N–H and O–H groups in total. The van der Waals surface area contributed by atoms with E-state index in [0.717, 1.165) is 11.3 Å². The average molecular weight is 289 g/mol. The van der Waals surface area contributed by atoms with Crippen LogP contribution < -0.4 is 10.2 Å². The van der Waals surface area contributed by atoms with Gasteiger partial charge in [0.1, 0.15) is 12.6 Å². The highest BCUT2D eigenvalue weighted by Crippen LogP contribution is 2.25.